The Balaban J connectivity index is 2.04. The van der Waals surface area contributed by atoms with Crippen LogP contribution in [-0.4, -0.2) is 40.9 Å². The molecule has 0 saturated carbocycles. The molecule has 1 aliphatic rings. The normalized spacial score (nSPS) is 21.8. The van der Waals surface area contributed by atoms with Gasteiger partial charge in [-0.25, -0.2) is 0 Å². The van der Waals surface area contributed by atoms with E-state index in [9.17, 15) is 4.79 Å². The number of amides is 1. The van der Waals surface area contributed by atoms with Crippen LogP contribution >= 0.6 is 27.5 Å². The van der Waals surface area contributed by atoms with Crippen molar-refractivity contribution in [3.63, 3.8) is 0 Å². The molecular weight excluding hydrogens is 342 g/mol. The fourth-order valence-electron chi connectivity index (χ4n) is 2.50. The average molecular weight is 361 g/mol. The fourth-order valence-corrected chi connectivity index (χ4v) is 3.05. The van der Waals surface area contributed by atoms with Crippen LogP contribution in [0.4, 0.5) is 0 Å². The van der Waals surface area contributed by atoms with Crippen LogP contribution in [0.2, 0.25) is 5.02 Å². The summed E-state index contributed by atoms with van der Waals surface area (Å²) in [5, 5.41) is 1.40. The van der Waals surface area contributed by atoms with Gasteiger partial charge in [-0.3, -0.25) is 4.79 Å². The quantitative estimate of drug-likeness (QED) is 0.774. The van der Waals surface area contributed by atoms with E-state index in [1.165, 1.54) is 0 Å². The highest BCUT2D eigenvalue weighted by Crippen LogP contribution is 2.23. The highest BCUT2D eigenvalue weighted by atomic mass is 79.9. The molecule has 1 aromatic carbocycles. The maximum absolute atomic E-state index is 12.4. The van der Waals surface area contributed by atoms with Crippen molar-refractivity contribution in [2.45, 2.75) is 32.0 Å². The summed E-state index contributed by atoms with van der Waals surface area (Å²) >= 11 is 9.39. The molecule has 0 spiro atoms. The van der Waals surface area contributed by atoms with Gasteiger partial charge in [-0.1, -0.05) is 39.7 Å². The van der Waals surface area contributed by atoms with Gasteiger partial charge in [0.05, 0.1) is 18.1 Å². The van der Waals surface area contributed by atoms with E-state index in [4.69, 9.17) is 16.3 Å². The molecule has 1 amide bonds. The highest BCUT2D eigenvalue weighted by Gasteiger charge is 2.34. The van der Waals surface area contributed by atoms with Gasteiger partial charge in [-0.05, 0) is 31.5 Å². The Morgan fingerprint density at radius 3 is 2.95 bits per heavy atom. The lowest BCUT2D eigenvalue weighted by atomic mass is 10.0. The van der Waals surface area contributed by atoms with Crippen LogP contribution in [0.3, 0.4) is 0 Å². The smallest absolute Gasteiger partial charge is 0.227 e. The summed E-state index contributed by atoms with van der Waals surface area (Å²) in [6.45, 7) is 5.28. The minimum Gasteiger partial charge on any atom is -0.368 e. The second kappa shape index (κ2) is 6.46. The number of halogens is 2. The zero-order valence-corrected chi connectivity index (χ0v) is 14.1. The predicted octanol–water partition coefficient (Wildman–Crippen LogP) is 3.28. The second-order valence-electron chi connectivity index (χ2n) is 5.73. The first-order chi connectivity index (χ1) is 9.39. The summed E-state index contributed by atoms with van der Waals surface area (Å²) in [4.78, 5) is 14.3. The first-order valence-corrected chi connectivity index (χ1v) is 8.15. The Morgan fingerprint density at radius 2 is 2.30 bits per heavy atom. The molecule has 1 aromatic rings. The van der Waals surface area contributed by atoms with Crippen LogP contribution in [0.1, 0.15) is 19.4 Å². The lowest BCUT2D eigenvalue weighted by Gasteiger charge is -2.42. The summed E-state index contributed by atoms with van der Waals surface area (Å²) in [6.07, 6.45) is 0.424. The van der Waals surface area contributed by atoms with E-state index < -0.39 is 0 Å². The third-order valence-corrected chi connectivity index (χ3v) is 4.21. The topological polar surface area (TPSA) is 29.5 Å². The number of morpholine rings is 1. The van der Waals surface area contributed by atoms with Gasteiger partial charge in [0, 0.05) is 23.4 Å². The largest absolute Gasteiger partial charge is 0.368 e. The molecule has 20 heavy (non-hydrogen) atoms. The molecule has 110 valence electrons. The van der Waals surface area contributed by atoms with E-state index in [-0.39, 0.29) is 17.6 Å². The Bertz CT molecular complexity index is 493. The minimum atomic E-state index is -0.305. The van der Waals surface area contributed by atoms with Gasteiger partial charge in [-0.2, -0.15) is 0 Å². The van der Waals surface area contributed by atoms with Gasteiger partial charge >= 0.3 is 0 Å². The SMILES string of the molecule is CC1(C)CN(C(=O)Cc2cccc(Cl)c2)CC(CBr)O1. The number of hydrogen-bond donors (Lipinski definition) is 0. The fraction of sp³-hybridized carbons (Fsp3) is 0.533. The van der Waals surface area contributed by atoms with Crippen LogP contribution in [0, 0.1) is 0 Å². The van der Waals surface area contributed by atoms with Crippen LogP contribution < -0.4 is 0 Å². The van der Waals surface area contributed by atoms with Gasteiger partial charge in [0.15, 0.2) is 0 Å². The van der Waals surface area contributed by atoms with Crippen LogP contribution in [0.25, 0.3) is 0 Å². The monoisotopic (exact) mass is 359 g/mol. The van der Waals surface area contributed by atoms with E-state index in [0.717, 1.165) is 10.9 Å². The number of hydrogen-bond acceptors (Lipinski definition) is 2. The van der Waals surface area contributed by atoms with E-state index in [1.807, 2.05) is 43.0 Å². The number of carbonyl (C=O) groups is 1. The molecule has 2 rings (SSSR count). The number of benzene rings is 1. The Kier molecular flexibility index (Phi) is 5.10. The molecule has 0 aromatic heterocycles. The summed E-state index contributed by atoms with van der Waals surface area (Å²) in [7, 11) is 0. The van der Waals surface area contributed by atoms with Crippen LogP contribution in [-0.2, 0) is 16.0 Å². The predicted molar refractivity (Wildman–Crippen MR) is 84.5 cm³/mol. The number of nitrogens with zero attached hydrogens (tertiary/aromatic N) is 1. The third kappa shape index (κ3) is 4.21. The molecule has 1 heterocycles. The van der Waals surface area contributed by atoms with Crippen molar-refractivity contribution in [2.75, 3.05) is 18.4 Å². The maximum Gasteiger partial charge on any atom is 0.227 e. The minimum absolute atomic E-state index is 0.0436. The number of ether oxygens (including phenoxy) is 1. The van der Waals surface area contributed by atoms with Gasteiger partial charge < -0.3 is 9.64 Å². The molecule has 3 nitrogen and oxygen atoms in total. The van der Waals surface area contributed by atoms with Crippen molar-refractivity contribution in [2.24, 2.45) is 0 Å². The lowest BCUT2D eigenvalue weighted by molar-refractivity contribution is -0.156. The first-order valence-electron chi connectivity index (χ1n) is 6.65. The van der Waals surface area contributed by atoms with Crippen molar-refractivity contribution >= 4 is 33.4 Å². The van der Waals surface area contributed by atoms with Crippen molar-refractivity contribution < 1.29 is 9.53 Å². The van der Waals surface area contributed by atoms with Crippen LogP contribution in [0.15, 0.2) is 24.3 Å². The van der Waals surface area contributed by atoms with Gasteiger partial charge in [0.1, 0.15) is 0 Å². The molecule has 5 heteroatoms. The maximum atomic E-state index is 12.4. The summed E-state index contributed by atoms with van der Waals surface area (Å²) in [5.74, 6) is 0.120. The number of alkyl halides is 1. The molecule has 1 aliphatic heterocycles. The van der Waals surface area contributed by atoms with Crippen molar-refractivity contribution in [1.29, 1.82) is 0 Å². The molecule has 1 saturated heterocycles. The highest BCUT2D eigenvalue weighted by molar-refractivity contribution is 9.09. The zero-order valence-electron chi connectivity index (χ0n) is 11.7. The molecule has 1 unspecified atom stereocenters. The summed E-state index contributed by atoms with van der Waals surface area (Å²) < 4.78 is 5.91. The Hall–Kier alpha value is -0.580. The number of rotatable bonds is 3. The molecular formula is C15H19BrClNO2. The first kappa shape index (κ1) is 15.8. The standard InChI is InChI=1S/C15H19BrClNO2/c1-15(2)10-18(9-13(8-16)20-15)14(19)7-11-4-3-5-12(17)6-11/h3-6,13H,7-10H2,1-2H3. The van der Waals surface area contributed by atoms with Crippen molar-refractivity contribution in [3.05, 3.63) is 34.9 Å². The average Bonchev–Trinajstić information content (AvgIpc) is 2.36. The van der Waals surface area contributed by atoms with Crippen molar-refractivity contribution in [1.82, 2.24) is 4.90 Å². The van der Waals surface area contributed by atoms with Gasteiger partial charge in [-0.15, -0.1) is 0 Å². The number of carbonyl (C=O) groups excluding carboxylic acids is 1. The molecule has 0 radical (unpaired) electrons. The van der Waals surface area contributed by atoms with Crippen LogP contribution in [0.5, 0.6) is 0 Å². The molecule has 0 aliphatic carbocycles. The molecule has 1 atom stereocenters. The van der Waals surface area contributed by atoms with Gasteiger partial charge in [0.25, 0.3) is 0 Å². The Morgan fingerprint density at radius 1 is 1.55 bits per heavy atom. The third-order valence-electron chi connectivity index (χ3n) is 3.25. The lowest BCUT2D eigenvalue weighted by Crippen LogP contribution is -2.55. The molecule has 0 bridgehead atoms. The molecule has 1 fully saturated rings. The van der Waals surface area contributed by atoms with E-state index in [2.05, 4.69) is 15.9 Å². The van der Waals surface area contributed by atoms with Crippen molar-refractivity contribution in [3.8, 4) is 0 Å². The Labute approximate surface area is 133 Å². The molecule has 0 N–H and O–H groups in total. The second-order valence-corrected chi connectivity index (χ2v) is 6.82. The van der Waals surface area contributed by atoms with E-state index >= 15 is 0 Å². The summed E-state index contributed by atoms with van der Waals surface area (Å²) in [5.41, 5.74) is 0.642. The van der Waals surface area contributed by atoms with E-state index in [0.29, 0.717) is 24.5 Å². The van der Waals surface area contributed by atoms with E-state index in [1.54, 1.807) is 0 Å². The summed E-state index contributed by atoms with van der Waals surface area (Å²) in [6, 6.07) is 7.45. The van der Waals surface area contributed by atoms with Gasteiger partial charge in [0.2, 0.25) is 5.91 Å². The zero-order chi connectivity index (χ0) is 14.8.